The molecule has 3 rings (SSSR count). The largest absolute Gasteiger partial charge is 0.319 e. The van der Waals surface area contributed by atoms with Gasteiger partial charge < -0.3 is 5.32 Å². The Balaban J connectivity index is 1.97. The van der Waals surface area contributed by atoms with E-state index in [-0.39, 0.29) is 12.8 Å². The zero-order valence-electron chi connectivity index (χ0n) is 14.8. The number of rotatable bonds is 4. The third-order valence-electron chi connectivity index (χ3n) is 4.39. The number of halogens is 5. The lowest BCUT2D eigenvalue weighted by Gasteiger charge is -2.33. The first-order valence-corrected chi connectivity index (χ1v) is 8.36. The molecular weight excluding hydrogens is 387 g/mol. The molecule has 1 aromatic carbocycles. The molecular formula is C17H15F5N4O2. The van der Waals surface area contributed by atoms with Crippen LogP contribution >= 0.6 is 0 Å². The Hall–Kier alpha value is -2.98. The van der Waals surface area contributed by atoms with Crippen molar-refractivity contribution in [3.05, 3.63) is 40.8 Å². The lowest BCUT2D eigenvalue weighted by atomic mass is 10.1. The number of amides is 2. The van der Waals surface area contributed by atoms with Crippen molar-refractivity contribution >= 4 is 23.3 Å². The zero-order chi connectivity index (χ0) is 20.7. The van der Waals surface area contributed by atoms with Crippen LogP contribution in [0.2, 0.25) is 0 Å². The molecule has 1 N–H and O–H groups in total. The summed E-state index contributed by atoms with van der Waals surface area (Å²) in [5.41, 5.74) is -0.876. The van der Waals surface area contributed by atoms with Gasteiger partial charge in [0.05, 0.1) is 12.2 Å². The van der Waals surface area contributed by atoms with Crippen molar-refractivity contribution in [2.75, 3.05) is 10.2 Å². The summed E-state index contributed by atoms with van der Waals surface area (Å²) in [5.74, 6) is -12.2. The maximum Gasteiger partial charge on any atom is 0.247 e. The van der Waals surface area contributed by atoms with Crippen LogP contribution in [0.4, 0.5) is 33.5 Å². The van der Waals surface area contributed by atoms with Gasteiger partial charge in [-0.05, 0) is 13.3 Å². The van der Waals surface area contributed by atoms with Crippen LogP contribution < -0.4 is 10.2 Å². The summed E-state index contributed by atoms with van der Waals surface area (Å²) in [5, 5.41) is 5.92. The van der Waals surface area contributed by atoms with Crippen LogP contribution in [0.15, 0.2) is 6.07 Å². The predicted molar refractivity (Wildman–Crippen MR) is 88.0 cm³/mol. The third kappa shape index (κ3) is 3.10. The summed E-state index contributed by atoms with van der Waals surface area (Å²) >= 11 is 0. The van der Waals surface area contributed by atoms with Crippen molar-refractivity contribution in [1.82, 2.24) is 9.78 Å². The molecule has 0 fully saturated rings. The summed E-state index contributed by atoms with van der Waals surface area (Å²) in [4.78, 5) is 26.1. The molecule has 1 aliphatic rings. The highest BCUT2D eigenvalue weighted by molar-refractivity contribution is 6.05. The van der Waals surface area contributed by atoms with Gasteiger partial charge in [0.25, 0.3) is 0 Å². The molecule has 1 atom stereocenters. The van der Waals surface area contributed by atoms with Gasteiger partial charge in [-0.3, -0.25) is 14.5 Å². The van der Waals surface area contributed by atoms with Crippen molar-refractivity contribution in [1.29, 1.82) is 0 Å². The van der Waals surface area contributed by atoms with E-state index in [0.717, 1.165) is 4.90 Å². The van der Waals surface area contributed by atoms with Crippen LogP contribution in [-0.4, -0.2) is 27.6 Å². The lowest BCUT2D eigenvalue weighted by molar-refractivity contribution is -0.124. The molecule has 0 saturated heterocycles. The van der Waals surface area contributed by atoms with E-state index in [1.54, 1.807) is 18.3 Å². The van der Waals surface area contributed by atoms with Crippen LogP contribution in [-0.2, 0) is 16.1 Å². The Kier molecular flexibility index (Phi) is 5.09. The molecule has 0 radical (unpaired) electrons. The Morgan fingerprint density at radius 3 is 2.29 bits per heavy atom. The first-order chi connectivity index (χ1) is 13.2. The number of nitrogens with zero attached hydrogens (tertiary/aromatic N) is 3. The van der Waals surface area contributed by atoms with Crippen molar-refractivity contribution in [2.45, 2.75) is 39.3 Å². The van der Waals surface area contributed by atoms with E-state index >= 15 is 0 Å². The van der Waals surface area contributed by atoms with E-state index in [0.29, 0.717) is 18.1 Å². The molecule has 0 bridgehead atoms. The number of carbonyl (C=O) groups is 2. The first kappa shape index (κ1) is 19.8. The molecule has 2 heterocycles. The number of aromatic nitrogens is 2. The SMILES string of the molecule is CC[C@H](C(=O)Nc1c(F)c(F)c(F)c(F)c1F)N1C(=O)CCn2nc(C)cc21. The van der Waals surface area contributed by atoms with Gasteiger partial charge in [0, 0.05) is 12.5 Å². The maximum absolute atomic E-state index is 13.9. The Bertz CT molecular complexity index is 946. The number of anilines is 2. The molecule has 6 nitrogen and oxygen atoms in total. The van der Waals surface area contributed by atoms with E-state index in [1.807, 2.05) is 0 Å². The van der Waals surface area contributed by atoms with Crippen LogP contribution in [0.5, 0.6) is 0 Å². The second-order valence-electron chi connectivity index (χ2n) is 6.24. The van der Waals surface area contributed by atoms with Crippen molar-refractivity contribution < 1.29 is 31.5 Å². The van der Waals surface area contributed by atoms with E-state index in [2.05, 4.69) is 5.10 Å². The first-order valence-electron chi connectivity index (χ1n) is 8.36. The normalized spacial score (nSPS) is 14.8. The second kappa shape index (κ2) is 7.21. The topological polar surface area (TPSA) is 67.2 Å². The Labute approximate surface area is 155 Å². The average molecular weight is 402 g/mol. The molecule has 0 saturated carbocycles. The summed E-state index contributed by atoms with van der Waals surface area (Å²) < 4.78 is 69.1. The highest BCUT2D eigenvalue weighted by Gasteiger charge is 2.36. The number of hydrogen-bond donors (Lipinski definition) is 1. The molecule has 1 aliphatic heterocycles. The van der Waals surface area contributed by atoms with Gasteiger partial charge >= 0.3 is 0 Å². The predicted octanol–water partition coefficient (Wildman–Crippen LogP) is 3.04. The monoisotopic (exact) mass is 402 g/mol. The van der Waals surface area contributed by atoms with E-state index in [4.69, 9.17) is 0 Å². The zero-order valence-corrected chi connectivity index (χ0v) is 14.8. The van der Waals surface area contributed by atoms with Crippen molar-refractivity contribution in [3.8, 4) is 0 Å². The van der Waals surface area contributed by atoms with E-state index in [9.17, 15) is 31.5 Å². The van der Waals surface area contributed by atoms with Gasteiger partial charge in [0.1, 0.15) is 17.5 Å². The molecule has 0 unspecified atom stereocenters. The van der Waals surface area contributed by atoms with Gasteiger partial charge in [-0.25, -0.2) is 26.6 Å². The molecule has 28 heavy (non-hydrogen) atoms. The summed E-state index contributed by atoms with van der Waals surface area (Å²) in [7, 11) is 0. The summed E-state index contributed by atoms with van der Waals surface area (Å²) in [6.07, 6.45) is 0.0671. The summed E-state index contributed by atoms with van der Waals surface area (Å²) in [6, 6.07) is 0.323. The molecule has 2 aromatic rings. The van der Waals surface area contributed by atoms with Gasteiger partial charge in [-0.2, -0.15) is 5.10 Å². The standard InChI is InChI=1S/C17H15F5N4O2/c1-3-8(26-9-6-7(2)24-25(9)5-4-10(26)27)17(28)23-16-14(21)12(19)11(18)13(20)15(16)22/h6,8H,3-5H2,1-2H3,(H,23,28)/t8-/m1/s1. The van der Waals surface area contributed by atoms with Crippen LogP contribution in [0, 0.1) is 36.0 Å². The number of nitrogens with one attached hydrogen (secondary N) is 1. The number of fused-ring (bicyclic) bond motifs is 1. The van der Waals surface area contributed by atoms with Gasteiger partial charge in [-0.15, -0.1) is 0 Å². The van der Waals surface area contributed by atoms with Gasteiger partial charge in [0.15, 0.2) is 23.3 Å². The fraction of sp³-hybridized carbons (Fsp3) is 0.353. The average Bonchev–Trinajstić information content (AvgIpc) is 3.04. The minimum absolute atomic E-state index is 0.0250. The second-order valence-corrected chi connectivity index (χ2v) is 6.24. The highest BCUT2D eigenvalue weighted by atomic mass is 19.2. The van der Waals surface area contributed by atoms with Gasteiger partial charge in [-0.1, -0.05) is 6.92 Å². The molecule has 2 amide bonds. The highest BCUT2D eigenvalue weighted by Crippen LogP contribution is 2.29. The van der Waals surface area contributed by atoms with E-state index < -0.39 is 52.6 Å². The number of benzene rings is 1. The molecule has 1 aromatic heterocycles. The third-order valence-corrected chi connectivity index (χ3v) is 4.39. The van der Waals surface area contributed by atoms with Crippen LogP contribution in [0.3, 0.4) is 0 Å². The number of aryl methyl sites for hydroxylation is 2. The van der Waals surface area contributed by atoms with Crippen LogP contribution in [0.1, 0.15) is 25.5 Å². The fourth-order valence-electron chi connectivity index (χ4n) is 3.08. The van der Waals surface area contributed by atoms with E-state index in [1.165, 1.54) is 11.6 Å². The minimum Gasteiger partial charge on any atom is -0.319 e. The smallest absolute Gasteiger partial charge is 0.247 e. The maximum atomic E-state index is 13.9. The number of hydrogen-bond acceptors (Lipinski definition) is 3. The fourth-order valence-corrected chi connectivity index (χ4v) is 3.08. The van der Waals surface area contributed by atoms with Crippen LogP contribution in [0.25, 0.3) is 0 Å². The Morgan fingerprint density at radius 1 is 1.14 bits per heavy atom. The summed E-state index contributed by atoms with van der Waals surface area (Å²) in [6.45, 7) is 3.52. The Morgan fingerprint density at radius 2 is 1.71 bits per heavy atom. The van der Waals surface area contributed by atoms with Crippen molar-refractivity contribution in [3.63, 3.8) is 0 Å². The van der Waals surface area contributed by atoms with Crippen molar-refractivity contribution in [2.24, 2.45) is 0 Å². The molecule has 150 valence electrons. The lowest BCUT2D eigenvalue weighted by Crippen LogP contribution is -2.50. The molecule has 0 spiro atoms. The quantitative estimate of drug-likeness (QED) is 0.486. The molecule has 11 heteroatoms. The van der Waals surface area contributed by atoms with Gasteiger partial charge in [0.2, 0.25) is 17.6 Å². The number of carbonyl (C=O) groups excluding carboxylic acids is 2. The minimum atomic E-state index is -2.33. The molecule has 0 aliphatic carbocycles.